The van der Waals surface area contributed by atoms with Crippen LogP contribution >= 0.6 is 69.4 Å². The molecule has 0 saturated heterocycles. The molecule has 0 aliphatic heterocycles. The minimum Gasteiger partial charge on any atom is -0.419 e. The largest absolute Gasteiger partial charge is 0.419 e. The molecule has 1 amide bonds. The fourth-order valence-corrected chi connectivity index (χ4v) is 4.71. The molecule has 0 bridgehead atoms. The van der Waals surface area contributed by atoms with E-state index in [1.165, 1.54) is 12.1 Å². The van der Waals surface area contributed by atoms with Gasteiger partial charge in [-0.25, -0.2) is 4.79 Å². The predicted octanol–water partition coefficient (Wildman–Crippen LogP) is 5.01. The number of halogens is 3. The Labute approximate surface area is 224 Å². The van der Waals surface area contributed by atoms with Crippen LogP contribution in [0.15, 0.2) is 12.1 Å². The van der Waals surface area contributed by atoms with Gasteiger partial charge >= 0.3 is 5.97 Å². The molecule has 0 radical (unpaired) electrons. The van der Waals surface area contributed by atoms with E-state index in [0.717, 1.165) is 34.6 Å². The number of aryl methyl sites for hydroxylation is 3. The molecule has 0 unspecified atom stereocenters. The van der Waals surface area contributed by atoms with Gasteiger partial charge in [-0.15, -0.1) is 15.3 Å². The second-order valence-corrected chi connectivity index (χ2v) is 9.87. The van der Waals surface area contributed by atoms with Gasteiger partial charge in [0.25, 0.3) is 11.1 Å². The first-order valence-corrected chi connectivity index (χ1v) is 12.6. The van der Waals surface area contributed by atoms with Crippen LogP contribution in [-0.4, -0.2) is 45.9 Å². The van der Waals surface area contributed by atoms with E-state index in [2.05, 4.69) is 34.1 Å². The van der Waals surface area contributed by atoms with Crippen molar-refractivity contribution in [2.75, 3.05) is 5.32 Å². The molecule has 0 atom stereocenters. The first-order chi connectivity index (χ1) is 16.6. The van der Waals surface area contributed by atoms with E-state index in [-0.39, 0.29) is 26.6 Å². The van der Waals surface area contributed by atoms with Crippen molar-refractivity contribution in [2.45, 2.75) is 20.8 Å². The van der Waals surface area contributed by atoms with Gasteiger partial charge in [-0.2, -0.15) is 0 Å². The zero-order valence-corrected chi connectivity index (χ0v) is 22.5. The Kier molecular flexibility index (Phi) is 9.15. The summed E-state index contributed by atoms with van der Waals surface area (Å²) >= 11 is 20.4. The predicted molar refractivity (Wildman–Crippen MR) is 133 cm³/mol. The summed E-state index contributed by atoms with van der Waals surface area (Å²) in [5.74, 6) is -1.06. The minimum absolute atomic E-state index is 0.0141. The molecule has 0 saturated carbocycles. The summed E-state index contributed by atoms with van der Waals surface area (Å²) in [7, 11) is 0. The van der Waals surface area contributed by atoms with E-state index in [1.807, 2.05) is 0 Å². The number of anilines is 1. The molecule has 3 heterocycles. The Balaban J connectivity index is 0.000000320. The summed E-state index contributed by atoms with van der Waals surface area (Å²) in [6.07, 6.45) is 0. The van der Waals surface area contributed by atoms with Gasteiger partial charge in [-0.1, -0.05) is 36.7 Å². The molecule has 0 spiro atoms. The normalized spacial score (nSPS) is 10.3. The number of ether oxygens (including phenoxy) is 1. The van der Waals surface area contributed by atoms with Crippen LogP contribution in [0.3, 0.4) is 0 Å². The van der Waals surface area contributed by atoms with Gasteiger partial charge in [0.15, 0.2) is 10.6 Å². The highest BCUT2D eigenvalue weighted by molar-refractivity contribution is 7.10. The maximum absolute atomic E-state index is 12.2. The number of rotatable bonds is 5. The molecule has 17 heteroatoms. The van der Waals surface area contributed by atoms with Gasteiger partial charge in [-0.3, -0.25) is 9.59 Å². The number of esters is 1. The van der Waals surface area contributed by atoms with E-state index in [4.69, 9.17) is 39.5 Å². The molecular formula is C18H12Cl3N7O4S3. The van der Waals surface area contributed by atoms with E-state index in [1.54, 1.807) is 20.8 Å². The molecule has 4 rings (SSSR count). The Bertz CT molecular complexity index is 1380. The highest BCUT2D eigenvalue weighted by Crippen LogP contribution is 2.37. The number of carbonyl (C=O) groups is 3. The maximum Gasteiger partial charge on any atom is 0.357 e. The number of carbonyl (C=O) groups excluding carboxylic acids is 3. The van der Waals surface area contributed by atoms with Gasteiger partial charge in [0.05, 0.1) is 27.1 Å². The molecule has 0 aliphatic rings. The summed E-state index contributed by atoms with van der Waals surface area (Å²) in [6.45, 7) is 5.01. The van der Waals surface area contributed by atoms with E-state index < -0.39 is 11.2 Å². The quantitative estimate of drug-likeness (QED) is 0.190. The summed E-state index contributed by atoms with van der Waals surface area (Å²) in [6, 6.07) is 2.85. The highest BCUT2D eigenvalue weighted by Gasteiger charge is 2.21. The monoisotopic (exact) mass is 591 g/mol. The third-order valence-corrected chi connectivity index (χ3v) is 7.30. The Morgan fingerprint density at radius 2 is 1.26 bits per heavy atom. The number of hydrogen-bond acceptors (Lipinski definition) is 13. The topological polar surface area (TPSA) is 150 Å². The third-order valence-electron chi connectivity index (χ3n) is 3.98. The third kappa shape index (κ3) is 6.74. The van der Waals surface area contributed by atoms with Gasteiger partial charge in [-0.05, 0) is 79.1 Å². The SMILES string of the molecule is Cc1nnsc1C(=O)Cl.Cc1nnsc1C(=O)Nc1cc(Cl)c(OC(=O)c2snnc2C)c(Cl)c1. The minimum atomic E-state index is -0.663. The number of amides is 1. The van der Waals surface area contributed by atoms with Crippen LogP contribution in [0, 0.1) is 20.8 Å². The molecule has 35 heavy (non-hydrogen) atoms. The Morgan fingerprint density at radius 3 is 1.66 bits per heavy atom. The number of hydrogen-bond donors (Lipinski definition) is 1. The molecule has 0 aliphatic carbocycles. The molecule has 11 nitrogen and oxygen atoms in total. The van der Waals surface area contributed by atoms with Crippen molar-refractivity contribution in [2.24, 2.45) is 0 Å². The fourth-order valence-electron chi connectivity index (χ4n) is 2.33. The van der Waals surface area contributed by atoms with Crippen molar-refractivity contribution < 1.29 is 19.1 Å². The van der Waals surface area contributed by atoms with Gasteiger partial charge in [0.2, 0.25) is 0 Å². The first kappa shape index (κ1) is 27.0. The van der Waals surface area contributed by atoms with Crippen LogP contribution < -0.4 is 10.1 Å². The van der Waals surface area contributed by atoms with Gasteiger partial charge < -0.3 is 10.1 Å². The van der Waals surface area contributed by atoms with Crippen LogP contribution in [0.4, 0.5) is 5.69 Å². The van der Waals surface area contributed by atoms with Gasteiger partial charge in [0, 0.05) is 5.69 Å². The molecule has 182 valence electrons. The zero-order valence-electron chi connectivity index (χ0n) is 17.8. The molecule has 3 aromatic heterocycles. The maximum atomic E-state index is 12.2. The molecule has 1 N–H and O–H groups in total. The Hall–Kier alpha value is -2.62. The molecule has 4 aromatic rings. The van der Waals surface area contributed by atoms with Crippen LogP contribution in [0.5, 0.6) is 5.75 Å². The molecule has 1 aromatic carbocycles. The van der Waals surface area contributed by atoms with Crippen molar-refractivity contribution in [3.05, 3.63) is 53.9 Å². The second kappa shape index (κ2) is 11.9. The van der Waals surface area contributed by atoms with Crippen LogP contribution in [0.2, 0.25) is 10.0 Å². The lowest BCUT2D eigenvalue weighted by atomic mass is 10.2. The summed E-state index contributed by atoms with van der Waals surface area (Å²) in [5.41, 5.74) is 1.90. The van der Waals surface area contributed by atoms with Crippen molar-refractivity contribution in [1.29, 1.82) is 0 Å². The van der Waals surface area contributed by atoms with Crippen LogP contribution in [0.1, 0.15) is 46.1 Å². The smallest absolute Gasteiger partial charge is 0.357 e. The summed E-state index contributed by atoms with van der Waals surface area (Å²) in [4.78, 5) is 35.9. The number of nitrogens with one attached hydrogen (secondary N) is 1. The first-order valence-electron chi connectivity index (χ1n) is 9.17. The van der Waals surface area contributed by atoms with E-state index >= 15 is 0 Å². The van der Waals surface area contributed by atoms with E-state index in [0.29, 0.717) is 32.5 Å². The lowest BCUT2D eigenvalue weighted by Gasteiger charge is -2.10. The van der Waals surface area contributed by atoms with Crippen molar-refractivity contribution in [3.63, 3.8) is 0 Å². The fraction of sp³-hybridized carbons (Fsp3) is 0.167. The summed E-state index contributed by atoms with van der Waals surface area (Å²) in [5, 5.41) is 13.4. The second-order valence-electron chi connectivity index (χ2n) is 6.45. The lowest BCUT2D eigenvalue weighted by Crippen LogP contribution is -2.12. The zero-order chi connectivity index (χ0) is 25.7. The number of nitrogens with zero attached hydrogens (tertiary/aromatic N) is 6. The van der Waals surface area contributed by atoms with E-state index in [9.17, 15) is 14.4 Å². The van der Waals surface area contributed by atoms with Crippen molar-refractivity contribution in [3.8, 4) is 5.75 Å². The molecule has 0 fully saturated rings. The lowest BCUT2D eigenvalue weighted by molar-refractivity contribution is 0.0738. The van der Waals surface area contributed by atoms with Gasteiger partial charge in [0.1, 0.15) is 9.75 Å². The van der Waals surface area contributed by atoms with Crippen LogP contribution in [-0.2, 0) is 0 Å². The number of aromatic nitrogens is 6. The van der Waals surface area contributed by atoms with Crippen molar-refractivity contribution >= 4 is 92.2 Å². The summed E-state index contributed by atoms with van der Waals surface area (Å²) < 4.78 is 16.2. The van der Waals surface area contributed by atoms with Crippen LogP contribution in [0.25, 0.3) is 0 Å². The average Bonchev–Trinajstić information content (AvgIpc) is 3.52. The number of benzene rings is 1. The molecular weight excluding hydrogens is 581 g/mol. The highest BCUT2D eigenvalue weighted by atomic mass is 35.5. The standard InChI is InChI=1S/C14H9Cl2N5O3S2.C4H3ClN2OS/c1-5-11(25-20-18-5)13(22)17-7-3-8(15)10(9(16)4-7)24-14(23)12-6(2)19-21-26-12;1-2-3(4(5)8)9-7-6-2/h3-4H,1-2H3,(H,17,22);1H3. The van der Waals surface area contributed by atoms with Crippen molar-refractivity contribution in [1.82, 2.24) is 28.8 Å². The average molecular weight is 593 g/mol. The Morgan fingerprint density at radius 1 is 0.800 bits per heavy atom.